The zero-order valence-electron chi connectivity index (χ0n) is 19.1. The second-order valence-corrected chi connectivity index (χ2v) is 7.72. The van der Waals surface area contributed by atoms with Gasteiger partial charge in [0.15, 0.2) is 5.69 Å². The van der Waals surface area contributed by atoms with Crippen LogP contribution in [0, 0.1) is 12.7 Å². The van der Waals surface area contributed by atoms with E-state index in [9.17, 15) is 23.9 Å². The molecule has 2 amide bonds. The molecular weight excluding hydrogens is 441 g/mol. The molecule has 3 aromatic rings. The molecule has 1 atom stereocenters. The van der Waals surface area contributed by atoms with E-state index in [1.165, 1.54) is 23.9 Å². The number of hydrogen-bond acceptors (Lipinski definition) is 5. The van der Waals surface area contributed by atoms with Gasteiger partial charge in [0, 0.05) is 24.4 Å². The van der Waals surface area contributed by atoms with E-state index in [0.717, 1.165) is 0 Å². The molecule has 3 rings (SSSR count). The summed E-state index contributed by atoms with van der Waals surface area (Å²) >= 11 is 0. The standard InChI is InChI=1S/C25H26FN3O5/c1-4-34-21(30)13-20(17-9-7-8-16(12-17)18-10-5-6-11-19(18)26)27-25(33)28-22-23(31)15(2)14-29(3)24(22)32/h5-12,14,20,31H,4,13H2,1-3H3,(H2,27,28,33). The van der Waals surface area contributed by atoms with Gasteiger partial charge < -0.3 is 25.0 Å². The van der Waals surface area contributed by atoms with Crippen LogP contribution in [0.3, 0.4) is 0 Å². The fourth-order valence-electron chi connectivity index (χ4n) is 3.56. The van der Waals surface area contributed by atoms with Gasteiger partial charge in [0.05, 0.1) is 19.1 Å². The van der Waals surface area contributed by atoms with Crippen LogP contribution >= 0.6 is 0 Å². The number of anilines is 1. The van der Waals surface area contributed by atoms with Crippen LogP contribution in [-0.4, -0.2) is 28.3 Å². The second kappa shape index (κ2) is 10.7. The average Bonchev–Trinajstić information content (AvgIpc) is 2.81. The number of nitrogens with one attached hydrogen (secondary N) is 2. The summed E-state index contributed by atoms with van der Waals surface area (Å²) in [7, 11) is 1.50. The van der Waals surface area contributed by atoms with Gasteiger partial charge in [-0.3, -0.25) is 9.59 Å². The molecule has 9 heteroatoms. The van der Waals surface area contributed by atoms with Crippen molar-refractivity contribution < 1.29 is 23.8 Å². The summed E-state index contributed by atoms with van der Waals surface area (Å²) in [6, 6.07) is 11.4. The van der Waals surface area contributed by atoms with E-state index in [1.807, 2.05) is 0 Å². The first-order chi connectivity index (χ1) is 16.2. The first kappa shape index (κ1) is 24.5. The molecule has 0 radical (unpaired) electrons. The molecule has 1 aromatic heterocycles. The van der Waals surface area contributed by atoms with Crippen LogP contribution in [-0.2, 0) is 16.6 Å². The predicted octanol–water partition coefficient (Wildman–Crippen LogP) is 4.02. The number of halogens is 1. The normalized spacial score (nSPS) is 11.5. The number of rotatable bonds is 7. The average molecular weight is 467 g/mol. The molecular formula is C25H26FN3O5. The number of urea groups is 1. The molecule has 0 aliphatic heterocycles. The molecule has 0 saturated heterocycles. The van der Waals surface area contributed by atoms with Gasteiger partial charge in [-0.15, -0.1) is 0 Å². The number of carbonyl (C=O) groups excluding carboxylic acids is 2. The molecule has 0 saturated carbocycles. The molecule has 3 N–H and O–H groups in total. The number of esters is 1. The van der Waals surface area contributed by atoms with Crippen molar-refractivity contribution in [1.82, 2.24) is 9.88 Å². The Kier molecular flexibility index (Phi) is 7.68. The summed E-state index contributed by atoms with van der Waals surface area (Å²) < 4.78 is 20.6. The van der Waals surface area contributed by atoms with Crippen molar-refractivity contribution in [2.45, 2.75) is 26.3 Å². The van der Waals surface area contributed by atoms with E-state index in [-0.39, 0.29) is 24.5 Å². The Bertz CT molecular complexity index is 1270. The van der Waals surface area contributed by atoms with Gasteiger partial charge in [0.2, 0.25) is 0 Å². The zero-order chi connectivity index (χ0) is 24.8. The molecule has 0 fully saturated rings. The second-order valence-electron chi connectivity index (χ2n) is 7.72. The minimum Gasteiger partial charge on any atom is -0.505 e. The number of carbonyl (C=O) groups is 2. The third-order valence-electron chi connectivity index (χ3n) is 5.23. The molecule has 178 valence electrons. The summed E-state index contributed by atoms with van der Waals surface area (Å²) in [6.07, 6.45) is 1.25. The van der Waals surface area contributed by atoms with Gasteiger partial charge in [-0.05, 0) is 37.1 Å². The first-order valence-electron chi connectivity index (χ1n) is 10.7. The molecule has 0 bridgehead atoms. The maximum absolute atomic E-state index is 14.3. The SMILES string of the molecule is CCOC(=O)CC(NC(=O)Nc1c(O)c(C)cn(C)c1=O)c1cccc(-c2ccccc2F)c1. The number of aromatic hydroxyl groups is 1. The summed E-state index contributed by atoms with van der Waals surface area (Å²) in [5, 5.41) is 15.3. The number of amides is 2. The van der Waals surface area contributed by atoms with Crippen molar-refractivity contribution in [2.24, 2.45) is 7.05 Å². The monoisotopic (exact) mass is 467 g/mol. The van der Waals surface area contributed by atoms with E-state index < -0.39 is 29.4 Å². The number of benzene rings is 2. The molecule has 34 heavy (non-hydrogen) atoms. The lowest BCUT2D eigenvalue weighted by Crippen LogP contribution is -2.36. The molecule has 2 aromatic carbocycles. The highest BCUT2D eigenvalue weighted by Crippen LogP contribution is 2.28. The first-order valence-corrected chi connectivity index (χ1v) is 10.7. The quantitative estimate of drug-likeness (QED) is 0.455. The Morgan fingerprint density at radius 3 is 2.62 bits per heavy atom. The Hall–Kier alpha value is -4.14. The topological polar surface area (TPSA) is 110 Å². The highest BCUT2D eigenvalue weighted by molar-refractivity contribution is 5.91. The predicted molar refractivity (Wildman–Crippen MR) is 126 cm³/mol. The number of ether oxygens (including phenoxy) is 1. The van der Waals surface area contributed by atoms with Crippen LogP contribution in [0.25, 0.3) is 11.1 Å². The largest absolute Gasteiger partial charge is 0.505 e. The lowest BCUT2D eigenvalue weighted by molar-refractivity contribution is -0.143. The number of aryl methyl sites for hydroxylation is 2. The van der Waals surface area contributed by atoms with Gasteiger partial charge in [-0.25, -0.2) is 9.18 Å². The summed E-state index contributed by atoms with van der Waals surface area (Å²) in [6.45, 7) is 3.43. The molecule has 1 heterocycles. The Balaban J connectivity index is 1.91. The van der Waals surface area contributed by atoms with Crippen LogP contribution < -0.4 is 16.2 Å². The fraction of sp³-hybridized carbons (Fsp3) is 0.240. The van der Waals surface area contributed by atoms with E-state index in [1.54, 1.807) is 56.3 Å². The minimum absolute atomic E-state index is 0.167. The van der Waals surface area contributed by atoms with Gasteiger partial charge in [-0.2, -0.15) is 0 Å². The van der Waals surface area contributed by atoms with Crippen LogP contribution in [0.2, 0.25) is 0 Å². The molecule has 0 aliphatic carbocycles. The van der Waals surface area contributed by atoms with Crippen molar-refractivity contribution in [3.8, 4) is 16.9 Å². The zero-order valence-corrected chi connectivity index (χ0v) is 19.1. The highest BCUT2D eigenvalue weighted by atomic mass is 19.1. The number of hydrogen-bond donors (Lipinski definition) is 3. The Labute approximate surface area is 196 Å². The molecule has 0 spiro atoms. The lowest BCUT2D eigenvalue weighted by Gasteiger charge is -2.20. The van der Waals surface area contributed by atoms with E-state index in [0.29, 0.717) is 22.3 Å². The van der Waals surface area contributed by atoms with Crippen molar-refractivity contribution in [3.63, 3.8) is 0 Å². The number of pyridine rings is 1. The van der Waals surface area contributed by atoms with Crippen molar-refractivity contribution >= 4 is 17.7 Å². The minimum atomic E-state index is -0.846. The molecule has 1 unspecified atom stereocenters. The van der Waals surface area contributed by atoms with Gasteiger partial charge >= 0.3 is 12.0 Å². The van der Waals surface area contributed by atoms with Gasteiger partial charge in [0.1, 0.15) is 11.6 Å². The molecule has 8 nitrogen and oxygen atoms in total. The summed E-state index contributed by atoms with van der Waals surface area (Å²) in [5.74, 6) is -1.29. The smallest absolute Gasteiger partial charge is 0.319 e. The highest BCUT2D eigenvalue weighted by Gasteiger charge is 2.22. The van der Waals surface area contributed by atoms with E-state index >= 15 is 0 Å². The van der Waals surface area contributed by atoms with Crippen LogP contribution in [0.15, 0.2) is 59.5 Å². The Morgan fingerprint density at radius 2 is 1.91 bits per heavy atom. The number of aromatic nitrogens is 1. The van der Waals surface area contributed by atoms with E-state index in [4.69, 9.17) is 4.74 Å². The number of nitrogens with zero attached hydrogens (tertiary/aromatic N) is 1. The molecule has 0 aliphatic rings. The van der Waals surface area contributed by atoms with Crippen molar-refractivity contribution in [3.05, 3.63) is 82.0 Å². The van der Waals surface area contributed by atoms with Crippen LogP contribution in [0.1, 0.15) is 30.5 Å². The van der Waals surface area contributed by atoms with Crippen LogP contribution in [0.4, 0.5) is 14.9 Å². The maximum atomic E-state index is 14.3. The van der Waals surface area contributed by atoms with Crippen molar-refractivity contribution in [2.75, 3.05) is 11.9 Å². The third kappa shape index (κ3) is 5.61. The lowest BCUT2D eigenvalue weighted by atomic mass is 9.97. The van der Waals surface area contributed by atoms with Gasteiger partial charge in [-0.1, -0.05) is 36.4 Å². The maximum Gasteiger partial charge on any atom is 0.319 e. The van der Waals surface area contributed by atoms with Crippen LogP contribution in [0.5, 0.6) is 5.75 Å². The summed E-state index contributed by atoms with van der Waals surface area (Å²) in [4.78, 5) is 37.4. The Morgan fingerprint density at radius 1 is 1.18 bits per heavy atom. The van der Waals surface area contributed by atoms with Crippen molar-refractivity contribution in [1.29, 1.82) is 0 Å². The van der Waals surface area contributed by atoms with Gasteiger partial charge in [0.25, 0.3) is 5.56 Å². The van der Waals surface area contributed by atoms with E-state index in [2.05, 4.69) is 10.6 Å². The summed E-state index contributed by atoms with van der Waals surface area (Å²) in [5.41, 5.74) is 0.994. The third-order valence-corrected chi connectivity index (χ3v) is 5.23. The fourth-order valence-corrected chi connectivity index (χ4v) is 3.56.